The molecule has 0 saturated carbocycles. The fourth-order valence-corrected chi connectivity index (χ4v) is 6.22. The second-order valence-corrected chi connectivity index (χ2v) is 14.0. The van der Waals surface area contributed by atoms with E-state index in [-0.39, 0.29) is 0 Å². The fraction of sp³-hybridized carbons (Fsp3) is 0.857. The molecule has 3 nitrogen and oxygen atoms in total. The normalized spacial score (nSPS) is 11.1. The van der Waals surface area contributed by atoms with Gasteiger partial charge >= 0.3 is 0 Å². The monoisotopic (exact) mass is 630 g/mol. The number of hydrogen-bond acceptors (Lipinski definition) is 3. The summed E-state index contributed by atoms with van der Waals surface area (Å²) in [4.78, 5) is 0. The highest BCUT2D eigenvalue weighted by Crippen LogP contribution is 2.15. The lowest BCUT2D eigenvalue weighted by atomic mass is 10.0. The summed E-state index contributed by atoms with van der Waals surface area (Å²) in [5.41, 5.74) is 12.2. The summed E-state index contributed by atoms with van der Waals surface area (Å²) in [6.45, 7) is 7.11. The van der Waals surface area contributed by atoms with Crippen molar-refractivity contribution in [2.75, 3.05) is 24.6 Å². The van der Waals surface area contributed by atoms with Crippen LogP contribution in [0.5, 0.6) is 0 Å². The van der Waals surface area contributed by atoms with Gasteiger partial charge in [0.25, 0.3) is 0 Å². The maximum Gasteiger partial charge on any atom is 0.0315 e. The van der Waals surface area contributed by atoms with E-state index < -0.39 is 0 Å². The van der Waals surface area contributed by atoms with Gasteiger partial charge in [0.05, 0.1) is 0 Å². The first-order valence-electron chi connectivity index (χ1n) is 20.5. The average Bonchev–Trinajstić information content (AvgIpc) is 3.05. The second kappa shape index (κ2) is 39.0. The van der Waals surface area contributed by atoms with E-state index in [2.05, 4.69) is 19.2 Å². The number of anilines is 2. The number of nitrogens with one attached hydrogen (secondary N) is 1. The molecular weight excluding hydrogens is 546 g/mol. The summed E-state index contributed by atoms with van der Waals surface area (Å²) >= 11 is 0. The van der Waals surface area contributed by atoms with E-state index in [1.807, 2.05) is 0 Å². The van der Waals surface area contributed by atoms with Crippen LogP contribution in [-0.4, -0.2) is 13.1 Å². The van der Waals surface area contributed by atoms with Crippen molar-refractivity contribution in [3.63, 3.8) is 0 Å². The highest BCUT2D eigenvalue weighted by atomic mass is 14.8. The van der Waals surface area contributed by atoms with Crippen molar-refractivity contribution in [1.29, 1.82) is 0 Å². The van der Waals surface area contributed by atoms with E-state index in [0.717, 1.165) is 11.4 Å². The summed E-state index contributed by atoms with van der Waals surface area (Å²) < 4.78 is 0. The van der Waals surface area contributed by atoms with Gasteiger partial charge in [-0.25, -0.2) is 0 Å². The molecule has 3 heteroatoms. The van der Waals surface area contributed by atoms with E-state index in [9.17, 15) is 0 Å². The van der Waals surface area contributed by atoms with Crippen molar-refractivity contribution < 1.29 is 0 Å². The number of nitrogens with two attached hydrogens (primary N) is 2. The third-order valence-corrected chi connectivity index (χ3v) is 9.35. The van der Waals surface area contributed by atoms with Crippen LogP contribution < -0.4 is 16.8 Å². The van der Waals surface area contributed by atoms with Gasteiger partial charge in [0.1, 0.15) is 0 Å². The molecule has 0 heterocycles. The molecule has 266 valence electrons. The van der Waals surface area contributed by atoms with Crippen molar-refractivity contribution in [3.05, 3.63) is 24.3 Å². The van der Waals surface area contributed by atoms with Crippen LogP contribution in [0.4, 0.5) is 11.4 Å². The lowest BCUT2D eigenvalue weighted by molar-refractivity contribution is 0.515. The number of unbranched alkanes of at least 4 members (excludes halogenated alkanes) is 30. The third-order valence-electron chi connectivity index (χ3n) is 9.35. The van der Waals surface area contributed by atoms with Crippen LogP contribution in [0, 0.1) is 0 Å². The quantitative estimate of drug-likeness (QED) is 0.0525. The van der Waals surface area contributed by atoms with Gasteiger partial charge in [0.2, 0.25) is 0 Å². The minimum absolute atomic E-state index is 0.749. The van der Waals surface area contributed by atoms with Crippen molar-refractivity contribution in [2.45, 2.75) is 219 Å². The molecule has 1 rings (SSSR count). The molecule has 0 unspecified atom stereocenters. The summed E-state index contributed by atoms with van der Waals surface area (Å²) in [7, 11) is 0. The molecule has 0 amide bonds. The van der Waals surface area contributed by atoms with Gasteiger partial charge in [-0.3, -0.25) is 0 Å². The molecule has 0 aliphatic carbocycles. The smallest absolute Gasteiger partial charge is 0.0315 e. The number of hydrogen-bond donors (Lipinski definition) is 3. The summed E-state index contributed by atoms with van der Waals surface area (Å²) in [5, 5.41) is 3.68. The largest absolute Gasteiger partial charge is 0.399 e. The summed E-state index contributed by atoms with van der Waals surface area (Å²) in [5.74, 6) is 0. The van der Waals surface area contributed by atoms with Crippen molar-refractivity contribution in [1.82, 2.24) is 5.32 Å². The van der Waals surface area contributed by atoms with Gasteiger partial charge in [0, 0.05) is 11.4 Å². The van der Waals surface area contributed by atoms with Gasteiger partial charge in [-0.15, -0.1) is 0 Å². The Bertz CT molecular complexity index is 589. The molecule has 0 spiro atoms. The molecule has 0 bridgehead atoms. The molecule has 0 fully saturated rings. The molecule has 0 atom stereocenters. The summed E-state index contributed by atoms with van der Waals surface area (Å²) in [6, 6.07) is 7.09. The Morgan fingerprint density at radius 1 is 0.311 bits per heavy atom. The van der Waals surface area contributed by atoms with E-state index in [1.165, 1.54) is 219 Å². The van der Waals surface area contributed by atoms with E-state index in [0.29, 0.717) is 0 Å². The number of benzene rings is 1. The standard InChI is InChI=1S/C36H75N.C6H8N2/c1-3-5-7-9-11-13-15-17-19-21-23-25-27-29-31-33-35-37-36-34-32-30-28-26-24-22-20-18-16-14-12-10-8-6-4-2;7-5-1-2-6(8)4-3-5/h37H,3-36H2,1-2H3;1-4H,7-8H2. The number of nitrogen functional groups attached to an aromatic ring is 2. The van der Waals surface area contributed by atoms with Gasteiger partial charge in [-0.1, -0.05) is 206 Å². The Hall–Kier alpha value is -1.22. The van der Waals surface area contributed by atoms with E-state index >= 15 is 0 Å². The Morgan fingerprint density at radius 3 is 0.689 bits per heavy atom. The van der Waals surface area contributed by atoms with Crippen molar-refractivity contribution in [3.8, 4) is 0 Å². The lowest BCUT2D eigenvalue weighted by Crippen LogP contribution is -2.16. The molecule has 1 aromatic carbocycles. The molecule has 45 heavy (non-hydrogen) atoms. The van der Waals surface area contributed by atoms with Crippen LogP contribution in [0.25, 0.3) is 0 Å². The van der Waals surface area contributed by atoms with Gasteiger partial charge in [-0.2, -0.15) is 0 Å². The molecule has 0 aromatic heterocycles. The first kappa shape index (κ1) is 43.8. The van der Waals surface area contributed by atoms with Crippen molar-refractivity contribution >= 4 is 11.4 Å². The predicted octanol–water partition coefficient (Wildman–Crippen LogP) is 13.9. The predicted molar refractivity (Wildman–Crippen MR) is 207 cm³/mol. The Kier molecular flexibility index (Phi) is 37.9. The van der Waals surface area contributed by atoms with Crippen molar-refractivity contribution in [2.24, 2.45) is 0 Å². The molecule has 0 aliphatic rings. The average molecular weight is 630 g/mol. The zero-order valence-corrected chi connectivity index (χ0v) is 31.0. The minimum atomic E-state index is 0.749. The maximum atomic E-state index is 5.37. The van der Waals surface area contributed by atoms with Crippen LogP contribution in [0.3, 0.4) is 0 Å². The molecule has 1 aromatic rings. The highest BCUT2D eigenvalue weighted by molar-refractivity contribution is 5.47. The SMILES string of the molecule is CCCCCCCCCCCCCCCCCCNCCCCCCCCCCCCCCCCCC.Nc1ccc(N)cc1. The fourth-order valence-electron chi connectivity index (χ4n) is 6.22. The Morgan fingerprint density at radius 2 is 0.489 bits per heavy atom. The van der Waals surface area contributed by atoms with Crippen LogP contribution in [0.1, 0.15) is 219 Å². The van der Waals surface area contributed by atoms with Crippen LogP contribution in [-0.2, 0) is 0 Å². The van der Waals surface area contributed by atoms with Gasteiger partial charge in [-0.05, 0) is 50.2 Å². The second-order valence-electron chi connectivity index (χ2n) is 14.0. The highest BCUT2D eigenvalue weighted by Gasteiger charge is 1.97. The van der Waals surface area contributed by atoms with E-state index in [4.69, 9.17) is 11.5 Å². The van der Waals surface area contributed by atoms with E-state index in [1.54, 1.807) is 24.3 Å². The minimum Gasteiger partial charge on any atom is -0.399 e. The summed E-state index contributed by atoms with van der Waals surface area (Å²) in [6.07, 6.45) is 46.7. The molecular formula is C42H83N3. The Balaban J connectivity index is 0.00000208. The first-order chi connectivity index (χ1) is 22.2. The molecule has 0 aliphatic heterocycles. The third kappa shape index (κ3) is 38.9. The molecule has 5 N–H and O–H groups in total. The Labute approximate surface area is 284 Å². The van der Waals surface area contributed by atoms with Crippen LogP contribution in [0.15, 0.2) is 24.3 Å². The topological polar surface area (TPSA) is 64.1 Å². The zero-order chi connectivity index (χ0) is 32.7. The molecule has 0 saturated heterocycles. The maximum absolute atomic E-state index is 5.37. The first-order valence-corrected chi connectivity index (χ1v) is 20.5. The van der Waals surface area contributed by atoms with Gasteiger partial charge < -0.3 is 16.8 Å². The van der Waals surface area contributed by atoms with Crippen LogP contribution >= 0.6 is 0 Å². The van der Waals surface area contributed by atoms with Crippen LogP contribution in [0.2, 0.25) is 0 Å². The molecule has 0 radical (unpaired) electrons. The lowest BCUT2D eigenvalue weighted by Gasteiger charge is -2.06. The van der Waals surface area contributed by atoms with Gasteiger partial charge in [0.15, 0.2) is 0 Å². The zero-order valence-electron chi connectivity index (χ0n) is 31.0. The number of rotatable bonds is 34.